The van der Waals surface area contributed by atoms with Gasteiger partial charge in [-0.05, 0) is 36.1 Å². The van der Waals surface area contributed by atoms with Crippen molar-refractivity contribution in [2.24, 2.45) is 0 Å². The molecule has 0 atom stereocenters. The van der Waals surface area contributed by atoms with Crippen LogP contribution >= 0.6 is 0 Å². The highest BCUT2D eigenvalue weighted by atomic mass is 16.2. The van der Waals surface area contributed by atoms with Gasteiger partial charge in [0.05, 0.1) is 0 Å². The van der Waals surface area contributed by atoms with Crippen LogP contribution in [0.2, 0.25) is 0 Å². The van der Waals surface area contributed by atoms with Crippen molar-refractivity contribution in [1.29, 1.82) is 0 Å². The first-order valence-corrected chi connectivity index (χ1v) is 8.65. The molecule has 0 unspecified atom stereocenters. The molecule has 5 nitrogen and oxygen atoms in total. The molecule has 26 heavy (non-hydrogen) atoms. The van der Waals surface area contributed by atoms with Crippen molar-refractivity contribution in [1.82, 2.24) is 14.3 Å². The van der Waals surface area contributed by atoms with Gasteiger partial charge in [0.1, 0.15) is 11.2 Å². The maximum Gasteiger partial charge on any atom is 0.270 e. The lowest BCUT2D eigenvalue weighted by Crippen LogP contribution is -2.38. The summed E-state index contributed by atoms with van der Waals surface area (Å²) in [7, 11) is 0. The molecule has 0 saturated heterocycles. The van der Waals surface area contributed by atoms with Gasteiger partial charge in [-0.1, -0.05) is 42.5 Å². The first kappa shape index (κ1) is 16.3. The highest BCUT2D eigenvalue weighted by molar-refractivity contribution is 5.94. The predicted molar refractivity (Wildman–Crippen MR) is 101 cm³/mol. The van der Waals surface area contributed by atoms with E-state index < -0.39 is 0 Å². The van der Waals surface area contributed by atoms with Gasteiger partial charge >= 0.3 is 0 Å². The van der Waals surface area contributed by atoms with Crippen LogP contribution in [-0.4, -0.2) is 33.3 Å². The van der Waals surface area contributed by atoms with E-state index in [1.54, 1.807) is 17.2 Å². The largest absolute Gasteiger partial charge is 0.334 e. The molecule has 1 amide bonds. The van der Waals surface area contributed by atoms with Gasteiger partial charge in [-0.15, -0.1) is 0 Å². The minimum absolute atomic E-state index is 0.115. The molecular weight excluding hydrogens is 326 g/mol. The topological polar surface area (TPSA) is 54.7 Å². The molecule has 1 aromatic carbocycles. The van der Waals surface area contributed by atoms with E-state index in [9.17, 15) is 9.59 Å². The molecule has 0 bridgehead atoms. The summed E-state index contributed by atoms with van der Waals surface area (Å²) in [5.74, 6) is -0.262. The third kappa shape index (κ3) is 2.92. The number of benzene rings is 1. The zero-order valence-electron chi connectivity index (χ0n) is 14.6. The van der Waals surface area contributed by atoms with Crippen molar-refractivity contribution in [3.8, 4) is 0 Å². The van der Waals surface area contributed by atoms with Gasteiger partial charge in [-0.3, -0.25) is 14.0 Å². The van der Waals surface area contributed by atoms with Gasteiger partial charge in [-0.25, -0.2) is 4.98 Å². The fourth-order valence-corrected chi connectivity index (χ4v) is 3.27. The Morgan fingerprint density at radius 3 is 2.65 bits per heavy atom. The highest BCUT2D eigenvalue weighted by Crippen LogP contribution is 2.22. The van der Waals surface area contributed by atoms with Crippen LogP contribution in [0, 0.1) is 6.92 Å². The Balaban J connectivity index is 1.61. The molecule has 0 spiro atoms. The van der Waals surface area contributed by atoms with E-state index in [1.165, 1.54) is 21.7 Å². The Kier molecular flexibility index (Phi) is 4.13. The van der Waals surface area contributed by atoms with Crippen molar-refractivity contribution in [2.45, 2.75) is 13.3 Å². The monoisotopic (exact) mass is 345 g/mol. The summed E-state index contributed by atoms with van der Waals surface area (Å²) in [4.78, 5) is 31.5. The minimum atomic E-state index is -0.318. The summed E-state index contributed by atoms with van der Waals surface area (Å²) in [5, 5.41) is 0. The van der Waals surface area contributed by atoms with E-state index >= 15 is 0 Å². The second-order valence-corrected chi connectivity index (χ2v) is 6.51. The first-order valence-electron chi connectivity index (χ1n) is 8.65. The quantitative estimate of drug-likeness (QED) is 0.718. The summed E-state index contributed by atoms with van der Waals surface area (Å²) in [6.07, 6.45) is 5.95. The number of pyridine rings is 1. The van der Waals surface area contributed by atoms with Gasteiger partial charge in [0.15, 0.2) is 0 Å². The number of amides is 1. The molecule has 4 rings (SSSR count). The molecule has 0 radical (unpaired) electrons. The van der Waals surface area contributed by atoms with Crippen LogP contribution in [0.15, 0.2) is 65.7 Å². The minimum Gasteiger partial charge on any atom is -0.334 e. The molecule has 0 aliphatic carbocycles. The van der Waals surface area contributed by atoms with Crippen molar-refractivity contribution in [3.63, 3.8) is 0 Å². The highest BCUT2D eigenvalue weighted by Gasteiger charge is 2.22. The zero-order valence-corrected chi connectivity index (χ0v) is 14.6. The maximum absolute atomic E-state index is 12.8. The van der Waals surface area contributed by atoms with Crippen LogP contribution in [0.25, 0.3) is 11.2 Å². The summed E-state index contributed by atoms with van der Waals surface area (Å²) >= 11 is 0. The molecule has 1 aliphatic heterocycles. The molecule has 0 saturated carbocycles. The third-order valence-corrected chi connectivity index (χ3v) is 4.72. The summed E-state index contributed by atoms with van der Waals surface area (Å²) < 4.78 is 1.44. The van der Waals surface area contributed by atoms with Crippen molar-refractivity contribution in [3.05, 3.63) is 88.0 Å². The van der Waals surface area contributed by atoms with Crippen molar-refractivity contribution in [2.75, 3.05) is 13.1 Å². The molecule has 0 N–H and O–H groups in total. The normalized spacial score (nSPS) is 14.3. The number of hydrogen-bond acceptors (Lipinski definition) is 3. The van der Waals surface area contributed by atoms with E-state index in [0.29, 0.717) is 18.7 Å². The SMILES string of the molecule is Cc1ccc2ncc(C(=O)N3CC=C(c4ccccc4)CC3)c(=O)n2c1. The fourth-order valence-electron chi connectivity index (χ4n) is 3.27. The van der Waals surface area contributed by atoms with Gasteiger partial charge in [0.25, 0.3) is 11.5 Å². The number of aromatic nitrogens is 2. The lowest BCUT2D eigenvalue weighted by Gasteiger charge is -2.26. The Hall–Kier alpha value is -3.21. The van der Waals surface area contributed by atoms with Gasteiger partial charge in [0, 0.05) is 25.5 Å². The lowest BCUT2D eigenvalue weighted by molar-refractivity contribution is 0.0770. The Labute approximate surface area is 151 Å². The fraction of sp³-hybridized carbons (Fsp3) is 0.190. The van der Waals surface area contributed by atoms with E-state index in [4.69, 9.17) is 0 Å². The lowest BCUT2D eigenvalue weighted by atomic mass is 9.99. The van der Waals surface area contributed by atoms with Crippen molar-refractivity contribution < 1.29 is 4.79 Å². The van der Waals surface area contributed by atoms with Gasteiger partial charge in [0.2, 0.25) is 0 Å². The molecule has 3 aromatic rings. The molecule has 2 aromatic heterocycles. The van der Waals surface area contributed by atoms with Crippen LogP contribution in [-0.2, 0) is 0 Å². The molecule has 5 heteroatoms. The number of carbonyl (C=O) groups excluding carboxylic acids is 1. The first-order chi connectivity index (χ1) is 12.6. The average Bonchev–Trinajstić information content (AvgIpc) is 2.69. The smallest absolute Gasteiger partial charge is 0.270 e. The van der Waals surface area contributed by atoms with Crippen LogP contribution in [0.1, 0.15) is 27.9 Å². The Bertz CT molecular complexity index is 1070. The van der Waals surface area contributed by atoms with Gasteiger partial charge < -0.3 is 4.90 Å². The van der Waals surface area contributed by atoms with E-state index in [0.717, 1.165) is 12.0 Å². The second-order valence-electron chi connectivity index (χ2n) is 6.51. The molecule has 1 aliphatic rings. The number of nitrogens with zero attached hydrogens (tertiary/aromatic N) is 3. The third-order valence-electron chi connectivity index (χ3n) is 4.72. The van der Waals surface area contributed by atoms with Crippen molar-refractivity contribution >= 4 is 17.1 Å². The standard InChI is InChI=1S/C21H19N3O2/c1-15-7-8-19-22-13-18(21(26)24(19)14-15)20(25)23-11-9-17(10-12-23)16-5-3-2-4-6-16/h2-9,13-14H,10-12H2,1H3. The molecule has 0 fully saturated rings. The van der Waals surface area contributed by atoms with Crippen LogP contribution in [0.3, 0.4) is 0 Å². The summed E-state index contributed by atoms with van der Waals surface area (Å²) in [5.41, 5.74) is 3.70. The van der Waals surface area contributed by atoms with E-state index in [-0.39, 0.29) is 17.0 Å². The summed E-state index contributed by atoms with van der Waals surface area (Å²) in [6, 6.07) is 13.8. The molecule has 3 heterocycles. The average molecular weight is 345 g/mol. The van der Waals surface area contributed by atoms with Crippen LogP contribution in [0.4, 0.5) is 0 Å². The number of hydrogen-bond donors (Lipinski definition) is 0. The van der Waals surface area contributed by atoms with Crippen LogP contribution in [0.5, 0.6) is 0 Å². The maximum atomic E-state index is 12.8. The van der Waals surface area contributed by atoms with Crippen LogP contribution < -0.4 is 5.56 Å². The number of rotatable bonds is 2. The number of fused-ring (bicyclic) bond motifs is 1. The Morgan fingerprint density at radius 1 is 1.12 bits per heavy atom. The second kappa shape index (κ2) is 6.59. The number of aryl methyl sites for hydroxylation is 1. The van der Waals surface area contributed by atoms with E-state index in [1.807, 2.05) is 31.2 Å². The van der Waals surface area contributed by atoms with Gasteiger partial charge in [-0.2, -0.15) is 0 Å². The molecule has 130 valence electrons. The van der Waals surface area contributed by atoms with E-state index in [2.05, 4.69) is 23.2 Å². The zero-order chi connectivity index (χ0) is 18.1. The predicted octanol–water partition coefficient (Wildman–Crippen LogP) is 2.93. The Morgan fingerprint density at radius 2 is 1.92 bits per heavy atom. The summed E-state index contributed by atoms with van der Waals surface area (Å²) in [6.45, 7) is 3.00. The molecular formula is C21H19N3O2. The number of carbonyl (C=O) groups is 1.